The monoisotopic (exact) mass is 565 g/mol. The van der Waals surface area contributed by atoms with Crippen molar-refractivity contribution in [1.82, 2.24) is 14.7 Å². The third-order valence-electron chi connectivity index (χ3n) is 4.09. The number of hydrogen-bond donors (Lipinski definition) is 6. The smallest absolute Gasteiger partial charge is 0.480 e. The molecule has 0 aliphatic heterocycles. The summed E-state index contributed by atoms with van der Waals surface area (Å²) in [5.74, 6) is -7.09. The first-order valence-electron chi connectivity index (χ1n) is 9.86. The number of rotatable bonds is 5. The fourth-order valence-corrected chi connectivity index (χ4v) is 2.34. The number of carboxylic acids is 3. The minimum atomic E-state index is -5.08. The average Bonchev–Trinajstić information content (AvgIpc) is 3.25. The number of aromatic nitrogens is 2. The zero-order chi connectivity index (χ0) is 30.1. The van der Waals surface area contributed by atoms with Crippen LogP contribution in [0.25, 0.3) is 16.9 Å². The number of carbonyl (C=O) groups excluding carboxylic acids is 1. The van der Waals surface area contributed by atoms with E-state index >= 15 is 0 Å². The van der Waals surface area contributed by atoms with E-state index in [-0.39, 0.29) is 5.84 Å². The number of amidine groups is 1. The Kier molecular flexibility index (Phi) is 10.5. The number of benzene rings is 1. The highest BCUT2D eigenvalue weighted by Gasteiger charge is 2.38. The van der Waals surface area contributed by atoms with Gasteiger partial charge in [-0.1, -0.05) is 24.3 Å². The Hall–Kier alpha value is -5.16. The maximum atomic E-state index is 11.9. The number of nitrogens with one attached hydrogen (secondary N) is 2. The van der Waals surface area contributed by atoms with Crippen molar-refractivity contribution in [3.05, 3.63) is 59.9 Å². The first-order chi connectivity index (χ1) is 17.8. The Bertz CT molecular complexity index is 1340. The molecule has 0 saturated heterocycles. The number of aliphatic carboxylic acids is 3. The molecule has 0 aliphatic rings. The molecule has 0 unspecified atom stereocenters. The molecule has 0 bridgehead atoms. The molecule has 2 heterocycles. The standard InChI is InChI=1S/C17H15N5O3.2C2HF3O2/c18-16(19)11-3-1-10(2-4-11)13-9-22-8-12(5-6-14(22)21-13)17(25)20-7-15(23)24;2*3-2(4,5)1(6)7/h1-6,8-9H,7H2,(H3,18,19)(H,20,25)(H,23,24);2*(H,6,7). The molecule has 210 valence electrons. The highest BCUT2D eigenvalue weighted by atomic mass is 19.4. The fourth-order valence-electron chi connectivity index (χ4n) is 2.34. The summed E-state index contributed by atoms with van der Waals surface area (Å²) in [6.07, 6.45) is -6.81. The predicted octanol–water partition coefficient (Wildman–Crippen LogP) is 2.37. The second-order valence-electron chi connectivity index (χ2n) is 6.98. The predicted molar refractivity (Wildman–Crippen MR) is 119 cm³/mol. The van der Waals surface area contributed by atoms with Crippen molar-refractivity contribution in [2.24, 2.45) is 5.73 Å². The first-order valence-corrected chi connectivity index (χ1v) is 9.86. The van der Waals surface area contributed by atoms with Crippen molar-refractivity contribution in [2.45, 2.75) is 12.4 Å². The van der Waals surface area contributed by atoms with Gasteiger partial charge in [-0.2, -0.15) is 26.3 Å². The molecule has 0 atom stereocenters. The Morgan fingerprint density at radius 3 is 1.72 bits per heavy atom. The van der Waals surface area contributed by atoms with E-state index in [1.54, 1.807) is 41.1 Å². The lowest BCUT2D eigenvalue weighted by molar-refractivity contribution is -0.193. The summed E-state index contributed by atoms with van der Waals surface area (Å²) in [6, 6.07) is 10.4. The molecule has 39 heavy (non-hydrogen) atoms. The van der Waals surface area contributed by atoms with Crippen molar-refractivity contribution < 1.29 is 60.8 Å². The molecule has 1 amide bonds. The van der Waals surface area contributed by atoms with Gasteiger partial charge in [-0.3, -0.25) is 15.0 Å². The summed E-state index contributed by atoms with van der Waals surface area (Å²) < 4.78 is 65.2. The van der Waals surface area contributed by atoms with E-state index in [9.17, 15) is 35.9 Å². The van der Waals surface area contributed by atoms with Gasteiger partial charge in [-0.05, 0) is 12.1 Å². The number of amides is 1. The van der Waals surface area contributed by atoms with Crippen LogP contribution in [0.3, 0.4) is 0 Å². The number of carbonyl (C=O) groups is 4. The Labute approximate surface area is 212 Å². The number of pyridine rings is 1. The number of alkyl halides is 6. The number of halogens is 6. The lowest BCUT2D eigenvalue weighted by Gasteiger charge is -2.02. The van der Waals surface area contributed by atoms with E-state index < -0.39 is 42.7 Å². The second kappa shape index (κ2) is 12.9. The average molecular weight is 565 g/mol. The zero-order valence-electron chi connectivity index (χ0n) is 19.0. The third-order valence-corrected chi connectivity index (χ3v) is 4.09. The molecule has 18 heteroatoms. The maximum Gasteiger partial charge on any atom is 0.490 e. The molecule has 0 spiro atoms. The van der Waals surface area contributed by atoms with E-state index in [2.05, 4.69) is 10.3 Å². The maximum absolute atomic E-state index is 11.9. The molecule has 0 saturated carbocycles. The van der Waals surface area contributed by atoms with Crippen LogP contribution in [-0.2, 0) is 14.4 Å². The van der Waals surface area contributed by atoms with E-state index in [0.717, 1.165) is 5.56 Å². The Morgan fingerprint density at radius 1 is 0.846 bits per heavy atom. The van der Waals surface area contributed by atoms with Crippen LogP contribution < -0.4 is 11.1 Å². The molecule has 3 aromatic rings. The lowest BCUT2D eigenvalue weighted by Crippen LogP contribution is -2.29. The third kappa shape index (κ3) is 10.4. The number of nitrogens with zero attached hydrogens (tertiary/aromatic N) is 2. The second-order valence-corrected chi connectivity index (χ2v) is 6.98. The molecule has 0 radical (unpaired) electrons. The van der Waals surface area contributed by atoms with Crippen LogP contribution in [0.15, 0.2) is 48.8 Å². The molecule has 12 nitrogen and oxygen atoms in total. The van der Waals surface area contributed by atoms with Gasteiger partial charge in [0, 0.05) is 23.5 Å². The summed E-state index contributed by atoms with van der Waals surface area (Å²) in [5, 5.41) is 32.6. The number of nitrogens with two attached hydrogens (primary N) is 1. The summed E-state index contributed by atoms with van der Waals surface area (Å²) in [7, 11) is 0. The Balaban J connectivity index is 0.000000449. The highest BCUT2D eigenvalue weighted by Crippen LogP contribution is 2.20. The quantitative estimate of drug-likeness (QED) is 0.152. The van der Waals surface area contributed by atoms with Gasteiger partial charge in [0.25, 0.3) is 5.91 Å². The van der Waals surface area contributed by atoms with Gasteiger partial charge in [0.05, 0.1) is 11.3 Å². The summed E-state index contributed by atoms with van der Waals surface area (Å²) >= 11 is 0. The van der Waals surface area contributed by atoms with Crippen LogP contribution in [0.1, 0.15) is 15.9 Å². The van der Waals surface area contributed by atoms with Gasteiger partial charge in [0.15, 0.2) is 0 Å². The van der Waals surface area contributed by atoms with Crippen LogP contribution in [0, 0.1) is 5.41 Å². The van der Waals surface area contributed by atoms with Crippen molar-refractivity contribution in [1.29, 1.82) is 5.41 Å². The summed E-state index contributed by atoms with van der Waals surface area (Å²) in [6.45, 7) is -0.436. The van der Waals surface area contributed by atoms with Crippen molar-refractivity contribution >= 4 is 35.3 Å². The topological polar surface area (TPSA) is 208 Å². The lowest BCUT2D eigenvalue weighted by atomic mass is 10.1. The van der Waals surface area contributed by atoms with E-state index in [1.165, 1.54) is 0 Å². The molecule has 0 fully saturated rings. The zero-order valence-corrected chi connectivity index (χ0v) is 19.0. The van der Waals surface area contributed by atoms with Gasteiger partial charge < -0.3 is 30.8 Å². The number of fused-ring (bicyclic) bond motifs is 1. The molecule has 2 aromatic heterocycles. The van der Waals surface area contributed by atoms with Crippen LogP contribution in [0.2, 0.25) is 0 Å². The van der Waals surface area contributed by atoms with Crippen LogP contribution >= 0.6 is 0 Å². The van der Waals surface area contributed by atoms with Gasteiger partial charge in [-0.15, -0.1) is 0 Å². The largest absolute Gasteiger partial charge is 0.490 e. The normalized spacial score (nSPS) is 10.8. The highest BCUT2D eigenvalue weighted by molar-refractivity contribution is 5.96. The Morgan fingerprint density at radius 2 is 1.31 bits per heavy atom. The number of nitrogen functional groups attached to an aromatic ring is 1. The summed E-state index contributed by atoms with van der Waals surface area (Å²) in [5.41, 5.74) is 8.62. The molecule has 3 rings (SSSR count). The van der Waals surface area contributed by atoms with Crippen LogP contribution in [0.4, 0.5) is 26.3 Å². The molecule has 7 N–H and O–H groups in total. The van der Waals surface area contributed by atoms with Gasteiger partial charge in [0.2, 0.25) is 0 Å². The van der Waals surface area contributed by atoms with Crippen LogP contribution in [0.5, 0.6) is 0 Å². The van der Waals surface area contributed by atoms with E-state index in [1.807, 2.05) is 12.1 Å². The van der Waals surface area contributed by atoms with E-state index in [0.29, 0.717) is 22.5 Å². The molecule has 0 aliphatic carbocycles. The van der Waals surface area contributed by atoms with Gasteiger partial charge >= 0.3 is 30.3 Å². The SMILES string of the molecule is N=C(N)c1ccc(-c2cn3cc(C(=O)NCC(=O)O)ccc3n2)cc1.O=C(O)C(F)(F)F.O=C(O)C(F)(F)F. The summed E-state index contributed by atoms with van der Waals surface area (Å²) in [4.78, 5) is 44.7. The van der Waals surface area contributed by atoms with E-state index in [4.69, 9.17) is 36.1 Å². The number of imidazole rings is 1. The minimum absolute atomic E-state index is 0.00133. The van der Waals surface area contributed by atoms with Gasteiger partial charge in [0.1, 0.15) is 18.0 Å². The van der Waals surface area contributed by atoms with Gasteiger partial charge in [-0.25, -0.2) is 14.6 Å². The van der Waals surface area contributed by atoms with Crippen LogP contribution in [-0.4, -0.2) is 73.3 Å². The van der Waals surface area contributed by atoms with Crippen molar-refractivity contribution in [3.8, 4) is 11.3 Å². The minimum Gasteiger partial charge on any atom is -0.480 e. The number of carboxylic acid groups (broad SMARTS) is 3. The van der Waals surface area contributed by atoms with Crippen molar-refractivity contribution in [2.75, 3.05) is 6.54 Å². The molecular weight excluding hydrogens is 548 g/mol. The molecular formula is C21H17F6N5O7. The number of hydrogen-bond acceptors (Lipinski definition) is 6. The van der Waals surface area contributed by atoms with Crippen molar-refractivity contribution in [3.63, 3.8) is 0 Å². The first kappa shape index (κ1) is 31.9. The fraction of sp³-hybridized carbons (Fsp3) is 0.143. The molecule has 1 aromatic carbocycles.